The Hall–Kier alpha value is -1.75. The van der Waals surface area contributed by atoms with Crippen LogP contribution in [-0.2, 0) is 11.3 Å². The molecule has 0 bridgehead atoms. The zero-order valence-electron chi connectivity index (χ0n) is 8.49. The number of hydrogen-bond donors (Lipinski definition) is 3. The second kappa shape index (κ2) is 5.21. The SMILES string of the molecule is CNc1ccc(OCC(=O)O)cc1CN. The highest BCUT2D eigenvalue weighted by molar-refractivity contribution is 5.68. The molecule has 5 nitrogen and oxygen atoms in total. The third-order valence-electron chi connectivity index (χ3n) is 1.93. The molecule has 0 aliphatic rings. The molecule has 0 atom stereocenters. The van der Waals surface area contributed by atoms with Gasteiger partial charge in [0, 0.05) is 19.3 Å². The Labute approximate surface area is 87.9 Å². The molecule has 0 radical (unpaired) electrons. The topological polar surface area (TPSA) is 84.6 Å². The molecule has 0 aliphatic carbocycles. The molecule has 0 heterocycles. The Kier molecular flexibility index (Phi) is 3.93. The van der Waals surface area contributed by atoms with Crippen LogP contribution in [0.1, 0.15) is 5.56 Å². The standard InChI is InChI=1S/C10H14N2O3/c1-12-9-3-2-8(4-7(9)5-11)15-6-10(13)14/h2-4,12H,5-6,11H2,1H3,(H,13,14). The van der Waals surface area contributed by atoms with Gasteiger partial charge in [-0.05, 0) is 23.8 Å². The number of carboxylic acids is 1. The highest BCUT2D eigenvalue weighted by atomic mass is 16.5. The van der Waals surface area contributed by atoms with Gasteiger partial charge in [-0.1, -0.05) is 0 Å². The van der Waals surface area contributed by atoms with Gasteiger partial charge in [-0.3, -0.25) is 0 Å². The second-order valence-electron chi connectivity index (χ2n) is 2.96. The molecule has 15 heavy (non-hydrogen) atoms. The lowest BCUT2D eigenvalue weighted by Gasteiger charge is -2.09. The Bertz CT molecular complexity index is 353. The maximum absolute atomic E-state index is 10.3. The normalized spacial score (nSPS) is 9.73. The van der Waals surface area contributed by atoms with Crippen LogP contribution < -0.4 is 15.8 Å². The highest BCUT2D eigenvalue weighted by Gasteiger charge is 2.03. The van der Waals surface area contributed by atoms with E-state index in [0.717, 1.165) is 11.3 Å². The summed E-state index contributed by atoms with van der Waals surface area (Å²) in [6, 6.07) is 5.24. The monoisotopic (exact) mass is 210 g/mol. The first-order valence-electron chi connectivity index (χ1n) is 4.52. The van der Waals surface area contributed by atoms with E-state index in [-0.39, 0.29) is 6.61 Å². The molecule has 5 heteroatoms. The zero-order valence-corrected chi connectivity index (χ0v) is 8.49. The summed E-state index contributed by atoms with van der Waals surface area (Å²) in [6.45, 7) is 0.0311. The molecule has 1 aromatic carbocycles. The summed E-state index contributed by atoms with van der Waals surface area (Å²) >= 11 is 0. The van der Waals surface area contributed by atoms with Crippen molar-refractivity contribution < 1.29 is 14.6 Å². The first kappa shape index (κ1) is 11.3. The smallest absolute Gasteiger partial charge is 0.341 e. The zero-order chi connectivity index (χ0) is 11.3. The molecule has 0 amide bonds. The van der Waals surface area contributed by atoms with Gasteiger partial charge in [-0.2, -0.15) is 0 Å². The van der Waals surface area contributed by atoms with Gasteiger partial charge in [-0.25, -0.2) is 4.79 Å². The first-order chi connectivity index (χ1) is 7.17. The molecule has 0 fully saturated rings. The molecule has 0 unspecified atom stereocenters. The predicted molar refractivity (Wildman–Crippen MR) is 57.0 cm³/mol. The lowest BCUT2D eigenvalue weighted by atomic mass is 10.1. The average Bonchev–Trinajstić information content (AvgIpc) is 2.25. The van der Waals surface area contributed by atoms with Crippen molar-refractivity contribution in [2.75, 3.05) is 19.0 Å². The minimum atomic E-state index is -0.998. The van der Waals surface area contributed by atoms with Crippen LogP contribution in [0.15, 0.2) is 18.2 Å². The summed E-state index contributed by atoms with van der Waals surface area (Å²) in [7, 11) is 1.80. The van der Waals surface area contributed by atoms with E-state index in [0.29, 0.717) is 12.3 Å². The number of ether oxygens (including phenoxy) is 1. The van der Waals surface area contributed by atoms with E-state index in [4.69, 9.17) is 15.6 Å². The largest absolute Gasteiger partial charge is 0.482 e. The quantitative estimate of drug-likeness (QED) is 0.664. The van der Waals surface area contributed by atoms with Crippen LogP contribution in [0.25, 0.3) is 0 Å². The Morgan fingerprint density at radius 1 is 1.60 bits per heavy atom. The number of carboxylic acid groups (broad SMARTS) is 1. The van der Waals surface area contributed by atoms with E-state index in [1.807, 2.05) is 0 Å². The minimum absolute atomic E-state index is 0.344. The van der Waals surface area contributed by atoms with Crippen LogP contribution in [0.2, 0.25) is 0 Å². The van der Waals surface area contributed by atoms with Gasteiger partial charge in [0.25, 0.3) is 0 Å². The van der Waals surface area contributed by atoms with Crippen molar-refractivity contribution in [2.24, 2.45) is 5.73 Å². The van der Waals surface area contributed by atoms with Crippen molar-refractivity contribution in [3.63, 3.8) is 0 Å². The highest BCUT2D eigenvalue weighted by Crippen LogP contribution is 2.21. The number of nitrogens with two attached hydrogens (primary N) is 1. The van der Waals surface area contributed by atoms with Crippen molar-refractivity contribution in [1.29, 1.82) is 0 Å². The number of aliphatic carboxylic acids is 1. The van der Waals surface area contributed by atoms with Crippen LogP contribution in [0.3, 0.4) is 0 Å². The fourth-order valence-corrected chi connectivity index (χ4v) is 1.22. The van der Waals surface area contributed by atoms with E-state index in [1.54, 1.807) is 25.2 Å². The number of anilines is 1. The summed E-state index contributed by atoms with van der Waals surface area (Å²) in [6.07, 6.45) is 0. The van der Waals surface area contributed by atoms with Gasteiger partial charge in [0.2, 0.25) is 0 Å². The first-order valence-corrected chi connectivity index (χ1v) is 4.52. The minimum Gasteiger partial charge on any atom is -0.482 e. The Morgan fingerprint density at radius 3 is 2.87 bits per heavy atom. The maximum atomic E-state index is 10.3. The number of benzene rings is 1. The van der Waals surface area contributed by atoms with E-state index in [2.05, 4.69) is 5.32 Å². The van der Waals surface area contributed by atoms with E-state index < -0.39 is 5.97 Å². The Balaban J connectivity index is 2.78. The molecule has 0 saturated carbocycles. The molecule has 0 saturated heterocycles. The molecular weight excluding hydrogens is 196 g/mol. The van der Waals surface area contributed by atoms with Gasteiger partial charge in [0.15, 0.2) is 6.61 Å². The van der Waals surface area contributed by atoms with Crippen molar-refractivity contribution >= 4 is 11.7 Å². The molecule has 0 aromatic heterocycles. The maximum Gasteiger partial charge on any atom is 0.341 e. The predicted octanol–water partition coefficient (Wildman–Crippen LogP) is 0.650. The summed E-state index contributed by atoms with van der Waals surface area (Å²) in [5, 5.41) is 11.4. The van der Waals surface area contributed by atoms with Crippen molar-refractivity contribution in [1.82, 2.24) is 0 Å². The van der Waals surface area contributed by atoms with Gasteiger partial charge in [0.1, 0.15) is 5.75 Å². The third kappa shape index (κ3) is 3.14. The van der Waals surface area contributed by atoms with Crippen molar-refractivity contribution in [2.45, 2.75) is 6.54 Å². The van der Waals surface area contributed by atoms with Gasteiger partial charge in [0.05, 0.1) is 0 Å². The number of nitrogens with one attached hydrogen (secondary N) is 1. The summed E-state index contributed by atoms with van der Waals surface area (Å²) in [5.74, 6) is -0.487. The third-order valence-corrected chi connectivity index (χ3v) is 1.93. The number of carbonyl (C=O) groups is 1. The van der Waals surface area contributed by atoms with E-state index in [1.165, 1.54) is 0 Å². The van der Waals surface area contributed by atoms with Crippen molar-refractivity contribution in [3.05, 3.63) is 23.8 Å². The molecular formula is C10H14N2O3. The van der Waals surface area contributed by atoms with Crippen LogP contribution in [-0.4, -0.2) is 24.7 Å². The molecule has 1 rings (SSSR count). The van der Waals surface area contributed by atoms with E-state index in [9.17, 15) is 4.79 Å². The number of rotatable bonds is 5. The van der Waals surface area contributed by atoms with Crippen LogP contribution in [0, 0.1) is 0 Å². The van der Waals surface area contributed by atoms with Crippen LogP contribution in [0.4, 0.5) is 5.69 Å². The molecule has 0 spiro atoms. The van der Waals surface area contributed by atoms with Crippen LogP contribution >= 0.6 is 0 Å². The van der Waals surface area contributed by atoms with E-state index >= 15 is 0 Å². The summed E-state index contributed by atoms with van der Waals surface area (Å²) in [5.41, 5.74) is 7.35. The van der Waals surface area contributed by atoms with Gasteiger partial charge in [-0.15, -0.1) is 0 Å². The molecule has 4 N–H and O–H groups in total. The lowest BCUT2D eigenvalue weighted by Crippen LogP contribution is -2.10. The Morgan fingerprint density at radius 2 is 2.33 bits per heavy atom. The second-order valence-corrected chi connectivity index (χ2v) is 2.96. The molecule has 0 aliphatic heterocycles. The molecule has 82 valence electrons. The van der Waals surface area contributed by atoms with Crippen molar-refractivity contribution in [3.8, 4) is 5.75 Å². The summed E-state index contributed by atoms with van der Waals surface area (Å²) < 4.78 is 5.03. The summed E-state index contributed by atoms with van der Waals surface area (Å²) in [4.78, 5) is 10.3. The molecule has 1 aromatic rings. The fourth-order valence-electron chi connectivity index (χ4n) is 1.22. The fraction of sp³-hybridized carbons (Fsp3) is 0.300. The lowest BCUT2D eigenvalue weighted by molar-refractivity contribution is -0.139. The van der Waals surface area contributed by atoms with Crippen LogP contribution in [0.5, 0.6) is 5.75 Å². The van der Waals surface area contributed by atoms with Gasteiger partial charge < -0.3 is 20.9 Å². The number of hydrogen-bond acceptors (Lipinski definition) is 4. The average molecular weight is 210 g/mol. The van der Waals surface area contributed by atoms with Gasteiger partial charge >= 0.3 is 5.97 Å².